The summed E-state index contributed by atoms with van der Waals surface area (Å²) in [5, 5.41) is 3.12. The van der Waals surface area contributed by atoms with Crippen LogP contribution in [0.2, 0.25) is 0 Å². The molecule has 10 heavy (non-hydrogen) atoms. The lowest BCUT2D eigenvalue weighted by Gasteiger charge is -2.03. The maximum Gasteiger partial charge on any atom is 0.166 e. The van der Waals surface area contributed by atoms with Crippen LogP contribution in [-0.2, 0) is 4.74 Å². The van der Waals surface area contributed by atoms with Crippen LogP contribution in [0.4, 0.5) is 0 Å². The molecule has 2 heteroatoms. The summed E-state index contributed by atoms with van der Waals surface area (Å²) in [5.41, 5.74) is 1.15. The zero-order valence-corrected chi connectivity index (χ0v) is 7.49. The third-order valence-electron chi connectivity index (χ3n) is 1.30. The molecule has 0 saturated carbocycles. The van der Waals surface area contributed by atoms with Crippen LogP contribution < -0.4 is 5.32 Å². The van der Waals surface area contributed by atoms with Gasteiger partial charge in [-0.1, -0.05) is 13.8 Å². The minimum absolute atomic E-state index is 0.176. The number of hydrogen-bond acceptors (Lipinski definition) is 2. The summed E-state index contributed by atoms with van der Waals surface area (Å²) in [5.74, 6) is 1.01. The highest BCUT2D eigenvalue weighted by molar-refractivity contribution is 5.05. The second-order valence-corrected chi connectivity index (χ2v) is 2.09. The zero-order chi connectivity index (χ0) is 8.15. The first kappa shape index (κ1) is 9.34. The summed E-state index contributed by atoms with van der Waals surface area (Å²) in [6.45, 7) is 9.96. The van der Waals surface area contributed by atoms with E-state index in [0.717, 1.165) is 11.5 Å². The topological polar surface area (TPSA) is 21.3 Å². The molecule has 1 heterocycles. The van der Waals surface area contributed by atoms with Crippen LogP contribution in [0.25, 0.3) is 0 Å². The van der Waals surface area contributed by atoms with Gasteiger partial charge in [0.25, 0.3) is 0 Å². The average Bonchev–Trinajstić information content (AvgIpc) is 2.16. The molecule has 1 rings (SSSR count). The van der Waals surface area contributed by atoms with E-state index in [1.807, 2.05) is 34.6 Å². The van der Waals surface area contributed by atoms with Crippen LogP contribution in [-0.4, -0.2) is 6.23 Å². The number of nitrogens with one attached hydrogen (secondary N) is 1. The molecular weight excluding hydrogens is 126 g/mol. The van der Waals surface area contributed by atoms with Crippen LogP contribution in [0, 0.1) is 0 Å². The Balaban J connectivity index is 0.000000371. The first-order valence-corrected chi connectivity index (χ1v) is 3.81. The summed E-state index contributed by atoms with van der Waals surface area (Å²) >= 11 is 0. The first-order chi connectivity index (χ1) is 4.70. The van der Waals surface area contributed by atoms with Crippen molar-refractivity contribution in [2.24, 2.45) is 0 Å². The maximum absolute atomic E-state index is 5.24. The van der Waals surface area contributed by atoms with Crippen molar-refractivity contribution in [2.75, 3.05) is 0 Å². The van der Waals surface area contributed by atoms with Gasteiger partial charge in [0.15, 0.2) is 6.23 Å². The Morgan fingerprint density at radius 1 is 1.30 bits per heavy atom. The summed E-state index contributed by atoms with van der Waals surface area (Å²) in [6.07, 6.45) is 0.176. The molecule has 0 aromatic rings. The number of rotatable bonds is 0. The fraction of sp³-hybridized carbons (Fsp3) is 0.750. The van der Waals surface area contributed by atoms with Crippen molar-refractivity contribution in [3.05, 3.63) is 11.5 Å². The molecule has 0 aromatic heterocycles. The Morgan fingerprint density at radius 2 is 1.80 bits per heavy atom. The van der Waals surface area contributed by atoms with E-state index >= 15 is 0 Å². The van der Waals surface area contributed by atoms with E-state index < -0.39 is 0 Å². The van der Waals surface area contributed by atoms with E-state index in [1.165, 1.54) is 0 Å². The fourth-order valence-corrected chi connectivity index (χ4v) is 0.790. The van der Waals surface area contributed by atoms with Crippen LogP contribution >= 0.6 is 0 Å². The zero-order valence-electron chi connectivity index (χ0n) is 7.49. The van der Waals surface area contributed by atoms with Crippen LogP contribution in [0.15, 0.2) is 11.5 Å². The predicted molar refractivity (Wildman–Crippen MR) is 43.4 cm³/mol. The van der Waals surface area contributed by atoms with Gasteiger partial charge in [0, 0.05) is 5.70 Å². The van der Waals surface area contributed by atoms with Crippen molar-refractivity contribution < 1.29 is 4.74 Å². The standard InChI is InChI=1S/C6H11NO.C2H6/c1-4-5(2)8-6(3)7-4;1-2/h6-7H,1-3H3;1-2H3. The molecule has 0 radical (unpaired) electrons. The average molecular weight is 143 g/mol. The quantitative estimate of drug-likeness (QED) is 0.561. The van der Waals surface area contributed by atoms with Gasteiger partial charge in [-0.2, -0.15) is 0 Å². The highest BCUT2D eigenvalue weighted by Gasteiger charge is 2.12. The lowest BCUT2D eigenvalue weighted by atomic mass is 10.4. The van der Waals surface area contributed by atoms with Crippen molar-refractivity contribution in [1.82, 2.24) is 5.32 Å². The Labute approximate surface area is 63.3 Å². The Bertz CT molecular complexity index is 115. The molecule has 0 saturated heterocycles. The molecule has 1 aliphatic rings. The van der Waals surface area contributed by atoms with E-state index in [4.69, 9.17) is 4.74 Å². The molecule has 0 fully saturated rings. The van der Waals surface area contributed by atoms with Gasteiger partial charge >= 0.3 is 0 Å². The minimum Gasteiger partial charge on any atom is -0.474 e. The highest BCUT2D eigenvalue weighted by Crippen LogP contribution is 2.12. The van der Waals surface area contributed by atoms with Crippen molar-refractivity contribution in [2.45, 2.75) is 40.8 Å². The lowest BCUT2D eigenvalue weighted by molar-refractivity contribution is 0.146. The normalized spacial score (nSPS) is 22.7. The number of allylic oxidation sites excluding steroid dienone is 2. The third-order valence-corrected chi connectivity index (χ3v) is 1.30. The molecule has 0 spiro atoms. The van der Waals surface area contributed by atoms with Crippen LogP contribution in [0.3, 0.4) is 0 Å². The van der Waals surface area contributed by atoms with E-state index in [-0.39, 0.29) is 6.23 Å². The van der Waals surface area contributed by atoms with E-state index in [9.17, 15) is 0 Å². The monoisotopic (exact) mass is 143 g/mol. The van der Waals surface area contributed by atoms with Gasteiger partial charge in [-0.05, 0) is 20.8 Å². The minimum atomic E-state index is 0.176. The molecule has 1 unspecified atom stereocenters. The Morgan fingerprint density at radius 3 is 1.90 bits per heavy atom. The molecule has 1 atom stereocenters. The molecule has 1 N–H and O–H groups in total. The molecule has 0 bridgehead atoms. The fourth-order valence-electron chi connectivity index (χ4n) is 0.790. The van der Waals surface area contributed by atoms with Gasteiger partial charge in [-0.25, -0.2) is 0 Å². The number of hydrogen-bond donors (Lipinski definition) is 1. The molecule has 0 aromatic carbocycles. The number of ether oxygens (including phenoxy) is 1. The van der Waals surface area contributed by atoms with E-state index in [1.54, 1.807) is 0 Å². The van der Waals surface area contributed by atoms with Gasteiger partial charge in [-0.3, -0.25) is 0 Å². The highest BCUT2D eigenvalue weighted by atomic mass is 16.5. The summed E-state index contributed by atoms with van der Waals surface area (Å²) in [6, 6.07) is 0. The Kier molecular flexibility index (Phi) is 3.93. The lowest BCUT2D eigenvalue weighted by Crippen LogP contribution is -2.18. The summed E-state index contributed by atoms with van der Waals surface area (Å²) < 4.78 is 5.24. The Hall–Kier alpha value is -0.660. The largest absolute Gasteiger partial charge is 0.474 e. The molecule has 2 nitrogen and oxygen atoms in total. The molecule has 0 amide bonds. The van der Waals surface area contributed by atoms with Gasteiger partial charge in [0.2, 0.25) is 0 Å². The smallest absolute Gasteiger partial charge is 0.166 e. The summed E-state index contributed by atoms with van der Waals surface area (Å²) in [7, 11) is 0. The molecule has 60 valence electrons. The van der Waals surface area contributed by atoms with Crippen molar-refractivity contribution in [3.8, 4) is 0 Å². The van der Waals surface area contributed by atoms with Gasteiger partial charge in [-0.15, -0.1) is 0 Å². The van der Waals surface area contributed by atoms with Crippen molar-refractivity contribution in [1.29, 1.82) is 0 Å². The van der Waals surface area contributed by atoms with Gasteiger partial charge in [0.1, 0.15) is 5.76 Å². The van der Waals surface area contributed by atoms with Crippen molar-refractivity contribution in [3.63, 3.8) is 0 Å². The maximum atomic E-state index is 5.24. The molecular formula is C8H17NO. The second kappa shape index (κ2) is 4.20. The van der Waals surface area contributed by atoms with Gasteiger partial charge in [0.05, 0.1) is 0 Å². The second-order valence-electron chi connectivity index (χ2n) is 2.09. The molecule has 0 aliphatic carbocycles. The van der Waals surface area contributed by atoms with Crippen molar-refractivity contribution >= 4 is 0 Å². The third kappa shape index (κ3) is 2.29. The molecule has 1 aliphatic heterocycles. The predicted octanol–water partition coefficient (Wildman–Crippen LogP) is 2.23. The van der Waals surface area contributed by atoms with Gasteiger partial charge < -0.3 is 10.1 Å². The van der Waals surface area contributed by atoms with E-state index in [0.29, 0.717) is 0 Å². The SMILES string of the molecule is CC.CC1=C(C)OC(C)N1. The first-order valence-electron chi connectivity index (χ1n) is 3.81. The van der Waals surface area contributed by atoms with Crippen LogP contribution in [0.5, 0.6) is 0 Å². The summed E-state index contributed by atoms with van der Waals surface area (Å²) in [4.78, 5) is 0. The van der Waals surface area contributed by atoms with Crippen LogP contribution in [0.1, 0.15) is 34.6 Å². The van der Waals surface area contributed by atoms with E-state index in [2.05, 4.69) is 5.32 Å².